The number of hydrogen-bond donors (Lipinski definition) is 2. The molecule has 0 spiro atoms. The maximum absolute atomic E-state index is 12.1. The van der Waals surface area contributed by atoms with Crippen LogP contribution in [-0.2, 0) is 11.2 Å². The van der Waals surface area contributed by atoms with Crippen LogP contribution in [0.3, 0.4) is 0 Å². The molecular formula is C17H25N3O2. The molecule has 0 saturated carbocycles. The number of rotatable bonds is 6. The molecule has 0 bridgehead atoms. The van der Waals surface area contributed by atoms with E-state index in [1.807, 2.05) is 52.3 Å². The van der Waals surface area contributed by atoms with Crippen molar-refractivity contribution in [3.8, 4) is 5.75 Å². The summed E-state index contributed by atoms with van der Waals surface area (Å²) in [7, 11) is 4.08. The molecular weight excluding hydrogens is 278 g/mol. The Morgan fingerprint density at radius 1 is 1.36 bits per heavy atom. The number of aromatic nitrogens is 1. The second-order valence-electron chi connectivity index (χ2n) is 6.24. The molecule has 1 aromatic carbocycles. The number of nitrogens with zero attached hydrogens (tertiary/aromatic N) is 1. The highest BCUT2D eigenvalue weighted by Gasteiger charge is 2.21. The third kappa shape index (κ3) is 3.67. The monoisotopic (exact) mass is 303 g/mol. The predicted molar refractivity (Wildman–Crippen MR) is 89.0 cm³/mol. The lowest BCUT2D eigenvalue weighted by atomic mass is 10.1. The molecule has 1 atom stereocenters. The predicted octanol–water partition coefficient (Wildman–Crippen LogP) is 2.16. The summed E-state index contributed by atoms with van der Waals surface area (Å²) in [5, 5.41) is 0.966. The molecule has 120 valence electrons. The Balaban J connectivity index is 2.29. The summed E-state index contributed by atoms with van der Waals surface area (Å²) in [6.45, 7) is 4.75. The molecule has 5 nitrogen and oxygen atoms in total. The fraction of sp³-hybridized carbons (Fsp3) is 0.471. The first-order chi connectivity index (χ1) is 10.4. The summed E-state index contributed by atoms with van der Waals surface area (Å²) in [6.07, 6.45) is 2.87. The average Bonchev–Trinajstić information content (AvgIpc) is 2.88. The van der Waals surface area contributed by atoms with Crippen LogP contribution < -0.4 is 10.5 Å². The lowest BCUT2D eigenvalue weighted by molar-refractivity contribution is -0.136. The van der Waals surface area contributed by atoms with Crippen LogP contribution in [0.15, 0.2) is 24.4 Å². The minimum atomic E-state index is -0.612. The molecule has 2 rings (SSSR count). The van der Waals surface area contributed by atoms with Gasteiger partial charge in [-0.05, 0) is 44.1 Å². The van der Waals surface area contributed by atoms with Gasteiger partial charge in [0.2, 0.25) is 0 Å². The summed E-state index contributed by atoms with van der Waals surface area (Å²) in [5.74, 6) is 0.238. The van der Waals surface area contributed by atoms with Crippen molar-refractivity contribution >= 4 is 16.9 Å². The number of carbonyl (C=O) groups excluding carboxylic acids is 1. The van der Waals surface area contributed by atoms with Gasteiger partial charge < -0.3 is 20.4 Å². The van der Waals surface area contributed by atoms with Gasteiger partial charge in [-0.25, -0.2) is 4.79 Å². The first-order valence-electron chi connectivity index (χ1n) is 7.61. The minimum Gasteiger partial charge on any atom is -0.425 e. The second kappa shape index (κ2) is 6.94. The van der Waals surface area contributed by atoms with Gasteiger partial charge in [0.15, 0.2) is 0 Å². The van der Waals surface area contributed by atoms with Gasteiger partial charge in [0.05, 0.1) is 0 Å². The van der Waals surface area contributed by atoms with E-state index in [1.165, 1.54) is 0 Å². The summed E-state index contributed by atoms with van der Waals surface area (Å²) < 4.78 is 5.56. The lowest BCUT2D eigenvalue weighted by Crippen LogP contribution is -2.38. The Morgan fingerprint density at radius 2 is 2.09 bits per heavy atom. The van der Waals surface area contributed by atoms with Crippen molar-refractivity contribution in [2.24, 2.45) is 11.7 Å². The number of likely N-dealkylation sites (N-methyl/N-ethyl adjacent to an activating group) is 1. The topological polar surface area (TPSA) is 71.4 Å². The zero-order valence-corrected chi connectivity index (χ0v) is 13.7. The van der Waals surface area contributed by atoms with E-state index in [0.29, 0.717) is 5.75 Å². The number of esters is 1. The van der Waals surface area contributed by atoms with E-state index in [0.717, 1.165) is 29.4 Å². The fourth-order valence-electron chi connectivity index (χ4n) is 2.29. The maximum Gasteiger partial charge on any atom is 0.328 e. The summed E-state index contributed by atoms with van der Waals surface area (Å²) in [5.41, 5.74) is 7.99. The zero-order chi connectivity index (χ0) is 16.3. The number of aromatic amines is 1. The zero-order valence-electron chi connectivity index (χ0n) is 13.7. The number of nitrogens with one attached hydrogen (secondary N) is 1. The van der Waals surface area contributed by atoms with Crippen LogP contribution in [0.1, 0.15) is 19.4 Å². The van der Waals surface area contributed by atoms with Gasteiger partial charge in [-0.15, -0.1) is 0 Å². The van der Waals surface area contributed by atoms with E-state index in [2.05, 4.69) is 9.88 Å². The normalized spacial score (nSPS) is 13.0. The molecule has 2 aromatic rings. The number of ether oxygens (including phenoxy) is 1. The van der Waals surface area contributed by atoms with Gasteiger partial charge in [0, 0.05) is 23.6 Å². The van der Waals surface area contributed by atoms with Crippen molar-refractivity contribution in [1.82, 2.24) is 9.88 Å². The van der Waals surface area contributed by atoms with Gasteiger partial charge in [-0.3, -0.25) is 0 Å². The van der Waals surface area contributed by atoms with E-state index in [4.69, 9.17) is 10.5 Å². The first kappa shape index (κ1) is 16.5. The Morgan fingerprint density at radius 3 is 2.73 bits per heavy atom. The molecule has 3 N–H and O–H groups in total. The van der Waals surface area contributed by atoms with Gasteiger partial charge in [-0.1, -0.05) is 19.9 Å². The molecule has 1 aromatic heterocycles. The van der Waals surface area contributed by atoms with Crippen molar-refractivity contribution in [2.45, 2.75) is 26.3 Å². The number of H-pyrrole nitrogens is 1. The fourth-order valence-corrected chi connectivity index (χ4v) is 2.29. The van der Waals surface area contributed by atoms with E-state index in [1.54, 1.807) is 0 Å². The Labute approximate surface area is 131 Å². The van der Waals surface area contributed by atoms with Crippen molar-refractivity contribution in [3.63, 3.8) is 0 Å². The lowest BCUT2D eigenvalue weighted by Gasteiger charge is -2.15. The highest BCUT2D eigenvalue weighted by molar-refractivity contribution is 5.92. The molecule has 0 fully saturated rings. The third-order valence-corrected chi connectivity index (χ3v) is 3.78. The van der Waals surface area contributed by atoms with E-state index >= 15 is 0 Å². The highest BCUT2D eigenvalue weighted by atomic mass is 16.5. The van der Waals surface area contributed by atoms with E-state index < -0.39 is 6.04 Å². The van der Waals surface area contributed by atoms with Crippen molar-refractivity contribution in [3.05, 3.63) is 30.0 Å². The van der Waals surface area contributed by atoms with Crippen LogP contribution in [0.25, 0.3) is 10.9 Å². The Hall–Kier alpha value is -1.85. The van der Waals surface area contributed by atoms with Crippen molar-refractivity contribution in [2.75, 3.05) is 20.6 Å². The van der Waals surface area contributed by atoms with Crippen molar-refractivity contribution < 1.29 is 9.53 Å². The van der Waals surface area contributed by atoms with Gasteiger partial charge in [-0.2, -0.15) is 0 Å². The summed E-state index contributed by atoms with van der Waals surface area (Å²) in [4.78, 5) is 17.5. The standard InChI is InChI=1S/C17H25N3O2/c1-11(2)16(18)17(21)22-14-7-5-6-13-15(14)12(10-19-13)8-9-20(3)4/h5-7,10-11,16,19H,8-9,18H2,1-4H3/t16-/m0/s1. The van der Waals surface area contributed by atoms with Crippen LogP contribution in [0.4, 0.5) is 0 Å². The summed E-state index contributed by atoms with van der Waals surface area (Å²) >= 11 is 0. The molecule has 1 heterocycles. The van der Waals surface area contributed by atoms with Gasteiger partial charge >= 0.3 is 5.97 Å². The third-order valence-electron chi connectivity index (χ3n) is 3.78. The molecule has 0 aliphatic heterocycles. The molecule has 22 heavy (non-hydrogen) atoms. The molecule has 0 unspecified atom stereocenters. The maximum atomic E-state index is 12.1. The van der Waals surface area contributed by atoms with Crippen LogP contribution in [0.5, 0.6) is 5.75 Å². The molecule has 0 aliphatic rings. The molecule has 0 aliphatic carbocycles. The van der Waals surface area contributed by atoms with Crippen LogP contribution in [0.2, 0.25) is 0 Å². The van der Waals surface area contributed by atoms with Gasteiger partial charge in [0.25, 0.3) is 0 Å². The average molecular weight is 303 g/mol. The molecule has 0 amide bonds. The number of fused-ring (bicyclic) bond motifs is 1. The summed E-state index contributed by atoms with van der Waals surface area (Å²) in [6, 6.07) is 5.06. The Kier molecular flexibility index (Phi) is 5.21. The van der Waals surface area contributed by atoms with Crippen LogP contribution in [-0.4, -0.2) is 42.5 Å². The number of hydrogen-bond acceptors (Lipinski definition) is 4. The number of carbonyl (C=O) groups is 1. The van der Waals surface area contributed by atoms with Crippen LogP contribution >= 0.6 is 0 Å². The second-order valence-corrected chi connectivity index (χ2v) is 6.24. The molecule has 0 saturated heterocycles. The SMILES string of the molecule is CC(C)[C@H](N)C(=O)Oc1cccc2[nH]cc(CCN(C)C)c12. The first-order valence-corrected chi connectivity index (χ1v) is 7.61. The largest absolute Gasteiger partial charge is 0.425 e. The van der Waals surface area contributed by atoms with E-state index in [9.17, 15) is 4.79 Å². The highest BCUT2D eigenvalue weighted by Crippen LogP contribution is 2.29. The van der Waals surface area contributed by atoms with Crippen LogP contribution in [0, 0.1) is 5.92 Å². The quantitative estimate of drug-likeness (QED) is 0.634. The Bertz CT molecular complexity index is 646. The molecule has 0 radical (unpaired) electrons. The van der Waals surface area contributed by atoms with Crippen molar-refractivity contribution in [1.29, 1.82) is 0 Å². The number of nitrogens with two attached hydrogens (primary N) is 1. The molecule has 5 heteroatoms. The van der Waals surface area contributed by atoms with E-state index in [-0.39, 0.29) is 11.9 Å². The van der Waals surface area contributed by atoms with Gasteiger partial charge in [0.1, 0.15) is 11.8 Å². The smallest absolute Gasteiger partial charge is 0.328 e. The minimum absolute atomic E-state index is 0.0474. The number of benzene rings is 1.